The topological polar surface area (TPSA) is 55.6 Å². The van der Waals surface area contributed by atoms with Crippen LogP contribution in [0, 0.1) is 0 Å². The number of nitrogens with zero attached hydrogens (tertiary/aromatic N) is 4. The molecule has 2 aromatic carbocycles. The van der Waals surface area contributed by atoms with E-state index in [4.69, 9.17) is 0 Å². The molecule has 24 heavy (non-hydrogen) atoms. The highest BCUT2D eigenvalue weighted by molar-refractivity contribution is 9.10. The summed E-state index contributed by atoms with van der Waals surface area (Å²) in [7, 11) is 0. The first-order chi connectivity index (χ1) is 11.3. The predicted octanol–water partition coefficient (Wildman–Crippen LogP) is 0.311. The van der Waals surface area contributed by atoms with E-state index in [0.29, 0.717) is 0 Å². The van der Waals surface area contributed by atoms with E-state index in [1.54, 1.807) is 16.4 Å². The maximum absolute atomic E-state index is 4.09. The Kier molecular flexibility index (Phi) is 7.71. The fraction of sp³-hybridized carbons (Fsp3) is 0.188. The molecule has 0 unspecified atom stereocenters. The number of benzene rings is 2. The second-order valence-electron chi connectivity index (χ2n) is 4.86. The normalized spacial score (nSPS) is 10.4. The van der Waals surface area contributed by atoms with Crippen LogP contribution in [0.2, 0.25) is 0 Å². The number of halogens is 2. The number of hydrogen-bond donors (Lipinski definition) is 1. The van der Waals surface area contributed by atoms with Gasteiger partial charge in [0.25, 0.3) is 0 Å². The van der Waals surface area contributed by atoms with Crippen LogP contribution in [0.25, 0.3) is 5.69 Å². The zero-order valence-electron chi connectivity index (χ0n) is 12.8. The minimum absolute atomic E-state index is 0. The van der Waals surface area contributed by atoms with Gasteiger partial charge in [0.2, 0.25) is 5.16 Å². The fourth-order valence-electron chi connectivity index (χ4n) is 2.05. The van der Waals surface area contributed by atoms with Gasteiger partial charge in [-0.3, -0.25) is 0 Å². The summed E-state index contributed by atoms with van der Waals surface area (Å²) in [4.78, 5) is 0. The van der Waals surface area contributed by atoms with Gasteiger partial charge in [-0.05, 0) is 40.3 Å². The van der Waals surface area contributed by atoms with E-state index in [1.165, 1.54) is 5.56 Å². The highest BCUT2D eigenvalue weighted by atomic mass is 79.9. The Morgan fingerprint density at radius 1 is 1.04 bits per heavy atom. The van der Waals surface area contributed by atoms with Crippen molar-refractivity contribution in [3.63, 3.8) is 0 Å². The Hall–Kier alpha value is -1.41. The molecule has 0 aliphatic rings. The van der Waals surface area contributed by atoms with Crippen LogP contribution in [0.4, 0.5) is 0 Å². The van der Waals surface area contributed by atoms with Crippen molar-refractivity contribution < 1.29 is 12.4 Å². The Morgan fingerprint density at radius 3 is 2.54 bits per heavy atom. The summed E-state index contributed by atoms with van der Waals surface area (Å²) < 4.78 is 2.86. The number of hydrogen-bond acceptors (Lipinski definition) is 5. The van der Waals surface area contributed by atoms with Crippen molar-refractivity contribution >= 4 is 27.7 Å². The number of aromatic nitrogens is 4. The van der Waals surface area contributed by atoms with Gasteiger partial charge in [0.1, 0.15) is 0 Å². The lowest BCUT2D eigenvalue weighted by atomic mass is 10.2. The van der Waals surface area contributed by atoms with Crippen molar-refractivity contribution in [2.45, 2.75) is 11.7 Å². The number of thioether (sulfide) groups is 1. The summed E-state index contributed by atoms with van der Waals surface area (Å²) in [6.45, 7) is 1.75. The highest BCUT2D eigenvalue weighted by Crippen LogP contribution is 2.17. The number of nitrogens with one attached hydrogen (secondary N) is 1. The van der Waals surface area contributed by atoms with Crippen molar-refractivity contribution in [3.05, 3.63) is 64.6 Å². The largest absolute Gasteiger partial charge is 1.00 e. The van der Waals surface area contributed by atoms with Gasteiger partial charge < -0.3 is 17.7 Å². The second-order valence-corrected chi connectivity index (χ2v) is 6.84. The van der Waals surface area contributed by atoms with E-state index in [-0.39, 0.29) is 12.4 Å². The van der Waals surface area contributed by atoms with E-state index < -0.39 is 0 Å². The van der Waals surface area contributed by atoms with Crippen LogP contribution in [0.3, 0.4) is 0 Å². The molecular weight excluding hydrogens is 410 g/mol. The summed E-state index contributed by atoms with van der Waals surface area (Å²) in [5.41, 5.74) is 2.25. The Bertz CT molecular complexity index is 736. The molecule has 0 aliphatic carbocycles. The molecule has 1 heterocycles. The van der Waals surface area contributed by atoms with Crippen LogP contribution in [-0.2, 0) is 6.54 Å². The third-order valence-corrected chi connectivity index (χ3v) is 4.64. The molecule has 5 nitrogen and oxygen atoms in total. The summed E-state index contributed by atoms with van der Waals surface area (Å²) in [6, 6.07) is 18.3. The molecule has 8 heteroatoms. The van der Waals surface area contributed by atoms with E-state index in [0.717, 1.165) is 34.2 Å². The number of rotatable bonds is 7. The molecule has 0 radical (unpaired) electrons. The molecule has 0 aliphatic heterocycles. The molecule has 0 spiro atoms. The third-order valence-electron chi connectivity index (χ3n) is 3.19. The minimum Gasteiger partial charge on any atom is -1.00 e. The summed E-state index contributed by atoms with van der Waals surface area (Å²) in [6.07, 6.45) is 0. The highest BCUT2D eigenvalue weighted by Gasteiger charge is 2.07. The van der Waals surface area contributed by atoms with Gasteiger partial charge in [-0.15, -0.1) is 5.10 Å². The predicted molar refractivity (Wildman–Crippen MR) is 95.7 cm³/mol. The number of para-hydroxylation sites is 1. The first-order valence-electron chi connectivity index (χ1n) is 7.25. The zero-order valence-corrected chi connectivity index (χ0v) is 15.9. The van der Waals surface area contributed by atoms with Gasteiger partial charge >= 0.3 is 0 Å². The minimum atomic E-state index is 0. The van der Waals surface area contributed by atoms with E-state index in [2.05, 4.69) is 61.0 Å². The summed E-state index contributed by atoms with van der Waals surface area (Å²) in [5, 5.41) is 16.1. The van der Waals surface area contributed by atoms with Crippen LogP contribution >= 0.6 is 27.7 Å². The van der Waals surface area contributed by atoms with Crippen molar-refractivity contribution in [2.24, 2.45) is 0 Å². The molecule has 1 N–H and O–H groups in total. The molecular formula is C16H16BrClN5S-. The summed E-state index contributed by atoms with van der Waals surface area (Å²) in [5.74, 6) is 0.906. The molecule has 0 fully saturated rings. The van der Waals surface area contributed by atoms with Gasteiger partial charge in [-0.2, -0.15) is 4.68 Å². The fourth-order valence-corrected chi connectivity index (χ4v) is 3.10. The molecule has 0 atom stereocenters. The SMILES string of the molecule is Brc1ccc(CNCCSc2nnnn2-c2ccccc2)cc1.[Cl-]. The standard InChI is InChI=1S/C16H16BrN5S.ClH/c17-14-8-6-13(7-9-14)12-18-10-11-23-16-19-20-21-22(16)15-4-2-1-3-5-15;/h1-9,18H,10-12H2;1H/p-1. The smallest absolute Gasteiger partial charge is 0.214 e. The van der Waals surface area contributed by atoms with Gasteiger partial charge in [0.15, 0.2) is 0 Å². The maximum atomic E-state index is 4.09. The first-order valence-corrected chi connectivity index (χ1v) is 9.02. The molecule has 0 bridgehead atoms. The quantitative estimate of drug-likeness (QED) is 0.436. The van der Waals surface area contributed by atoms with Gasteiger partial charge in [-0.25, -0.2) is 0 Å². The molecule has 0 amide bonds. The lowest BCUT2D eigenvalue weighted by Crippen LogP contribution is -3.00. The maximum Gasteiger partial charge on any atom is 0.214 e. The number of tetrazole rings is 1. The average molecular weight is 426 g/mol. The Balaban J connectivity index is 0.00000208. The van der Waals surface area contributed by atoms with Crippen LogP contribution in [0.15, 0.2) is 64.2 Å². The van der Waals surface area contributed by atoms with Crippen LogP contribution in [0.5, 0.6) is 0 Å². The summed E-state index contributed by atoms with van der Waals surface area (Å²) >= 11 is 5.08. The van der Waals surface area contributed by atoms with Crippen molar-refractivity contribution in [3.8, 4) is 5.69 Å². The molecule has 0 saturated carbocycles. The van der Waals surface area contributed by atoms with Gasteiger partial charge in [0, 0.05) is 23.3 Å². The van der Waals surface area contributed by atoms with Crippen LogP contribution in [-0.4, -0.2) is 32.5 Å². The Morgan fingerprint density at radius 2 is 1.79 bits per heavy atom. The van der Waals surface area contributed by atoms with Crippen molar-refractivity contribution in [1.82, 2.24) is 25.5 Å². The van der Waals surface area contributed by atoms with Crippen LogP contribution in [0.1, 0.15) is 5.56 Å². The molecule has 0 saturated heterocycles. The lowest BCUT2D eigenvalue weighted by Gasteiger charge is -2.06. The van der Waals surface area contributed by atoms with Crippen LogP contribution < -0.4 is 17.7 Å². The molecule has 126 valence electrons. The lowest BCUT2D eigenvalue weighted by molar-refractivity contribution is -0.00000463. The third kappa shape index (κ3) is 5.31. The van der Waals surface area contributed by atoms with Crippen molar-refractivity contribution in [2.75, 3.05) is 12.3 Å². The molecule has 3 rings (SSSR count). The van der Waals surface area contributed by atoms with Crippen molar-refractivity contribution in [1.29, 1.82) is 0 Å². The Labute approximate surface area is 159 Å². The first kappa shape index (κ1) is 18.9. The van der Waals surface area contributed by atoms with Gasteiger partial charge in [-0.1, -0.05) is 58.0 Å². The monoisotopic (exact) mass is 424 g/mol. The van der Waals surface area contributed by atoms with E-state index >= 15 is 0 Å². The zero-order chi connectivity index (χ0) is 15.9. The molecule has 3 aromatic rings. The van der Waals surface area contributed by atoms with Gasteiger partial charge in [0.05, 0.1) is 5.69 Å². The second kappa shape index (κ2) is 9.78. The molecule has 1 aromatic heterocycles. The van der Waals surface area contributed by atoms with E-state index in [9.17, 15) is 0 Å². The van der Waals surface area contributed by atoms with E-state index in [1.807, 2.05) is 30.3 Å². The average Bonchev–Trinajstić information content (AvgIpc) is 3.05.